The molecule has 170 valence electrons. The Morgan fingerprint density at radius 3 is 2.41 bits per heavy atom. The van der Waals surface area contributed by atoms with E-state index < -0.39 is 10.2 Å². The molecule has 1 atom stereocenters. The van der Waals surface area contributed by atoms with Crippen molar-refractivity contribution in [1.82, 2.24) is 15.0 Å². The molecule has 2 aromatic carbocycles. The molecule has 1 aromatic heterocycles. The second-order valence-corrected chi connectivity index (χ2v) is 9.46. The third-order valence-electron chi connectivity index (χ3n) is 4.73. The third kappa shape index (κ3) is 8.13. The molecule has 0 aliphatic rings. The molecule has 1 heterocycles. The fraction of sp³-hybridized carbons (Fsp3) is 0.273. The summed E-state index contributed by atoms with van der Waals surface area (Å²) in [5, 5.41) is 14.3. The number of aromatic nitrogens is 1. The molecule has 0 amide bonds. The van der Waals surface area contributed by atoms with Gasteiger partial charge in [-0.15, -0.1) is 11.3 Å². The number of hydrogen-bond acceptors (Lipinski definition) is 7. The van der Waals surface area contributed by atoms with Gasteiger partial charge in [0, 0.05) is 23.2 Å². The van der Waals surface area contributed by atoms with E-state index in [-0.39, 0.29) is 24.9 Å². The number of unbranched alkanes of at least 4 members (excludes halogenated alkanes) is 1. The van der Waals surface area contributed by atoms with Crippen molar-refractivity contribution >= 4 is 38.1 Å². The number of nitrogens with one attached hydrogen (secondary N) is 3. The van der Waals surface area contributed by atoms with Crippen molar-refractivity contribution in [2.75, 3.05) is 18.4 Å². The molecular weight excluding hydrogens is 446 g/mol. The predicted octanol–water partition coefficient (Wildman–Crippen LogP) is 3.36. The van der Waals surface area contributed by atoms with Crippen molar-refractivity contribution in [2.45, 2.75) is 25.3 Å². The molecule has 0 aliphatic carbocycles. The first-order valence-electron chi connectivity index (χ1n) is 10.3. The van der Waals surface area contributed by atoms with Gasteiger partial charge in [-0.3, -0.25) is 4.79 Å². The topological polar surface area (TPSA) is 126 Å². The summed E-state index contributed by atoms with van der Waals surface area (Å²) in [5.41, 5.74) is 2.45. The van der Waals surface area contributed by atoms with E-state index in [1.807, 2.05) is 53.9 Å². The molecule has 32 heavy (non-hydrogen) atoms. The number of benzene rings is 2. The van der Waals surface area contributed by atoms with Crippen LogP contribution < -0.4 is 20.5 Å². The Morgan fingerprint density at radius 2 is 1.72 bits per heavy atom. The van der Waals surface area contributed by atoms with Gasteiger partial charge < -0.3 is 10.6 Å². The van der Waals surface area contributed by atoms with Gasteiger partial charge in [0.2, 0.25) is 0 Å². The number of carbonyl (C=O) groups is 1. The summed E-state index contributed by atoms with van der Waals surface area (Å²) in [5.74, 6) is 0.00403. The number of Topliss-reactive ketones (excluding diaryl/α,β-unsaturated/α-hetero) is 1. The maximum Gasteiger partial charge on any atom is 0.274 e. The van der Waals surface area contributed by atoms with Crippen LogP contribution in [0.1, 0.15) is 41.4 Å². The van der Waals surface area contributed by atoms with Crippen molar-refractivity contribution in [1.29, 1.82) is 0 Å². The van der Waals surface area contributed by atoms with Crippen LogP contribution in [0.25, 0.3) is 0 Å². The summed E-state index contributed by atoms with van der Waals surface area (Å²) in [6.07, 6.45) is 2.06. The second-order valence-electron chi connectivity index (χ2n) is 7.23. The van der Waals surface area contributed by atoms with E-state index in [1.165, 1.54) is 11.3 Å². The van der Waals surface area contributed by atoms with Crippen LogP contribution in [0.2, 0.25) is 0 Å². The SMILES string of the molecule is NS(=O)(=O)NCCCCC(NCC(=O)c1ccccc1)c1csc(Nc2ccccc2)n1. The molecular formula is C22H27N5O3S2. The molecule has 0 fully saturated rings. The van der Waals surface area contributed by atoms with Crippen LogP contribution in [-0.4, -0.2) is 32.3 Å². The zero-order valence-electron chi connectivity index (χ0n) is 17.5. The first kappa shape index (κ1) is 24.0. The van der Waals surface area contributed by atoms with Crippen molar-refractivity contribution in [2.24, 2.45) is 5.14 Å². The number of nitrogens with two attached hydrogens (primary N) is 1. The summed E-state index contributed by atoms with van der Waals surface area (Å²) in [7, 11) is -3.68. The molecule has 0 saturated heterocycles. The molecule has 10 heteroatoms. The van der Waals surface area contributed by atoms with Crippen LogP contribution in [0.15, 0.2) is 66.0 Å². The quantitative estimate of drug-likeness (QED) is 0.223. The Bertz CT molecular complexity index is 1090. The Hall–Kier alpha value is -2.63. The summed E-state index contributed by atoms with van der Waals surface area (Å²) < 4.78 is 24.3. The monoisotopic (exact) mass is 473 g/mol. The van der Waals surface area contributed by atoms with E-state index in [9.17, 15) is 13.2 Å². The number of rotatable bonds is 13. The zero-order valence-corrected chi connectivity index (χ0v) is 19.2. The van der Waals surface area contributed by atoms with Gasteiger partial charge >= 0.3 is 0 Å². The smallest absolute Gasteiger partial charge is 0.274 e. The summed E-state index contributed by atoms with van der Waals surface area (Å²) >= 11 is 1.50. The summed E-state index contributed by atoms with van der Waals surface area (Å²) in [4.78, 5) is 17.2. The van der Waals surface area contributed by atoms with Gasteiger partial charge in [-0.2, -0.15) is 8.42 Å². The third-order valence-corrected chi connectivity index (χ3v) is 6.11. The minimum absolute atomic E-state index is 0.00403. The Kier molecular flexibility index (Phi) is 8.89. The number of anilines is 2. The van der Waals surface area contributed by atoms with Gasteiger partial charge in [0.1, 0.15) is 0 Å². The zero-order chi connectivity index (χ0) is 22.8. The lowest BCUT2D eigenvalue weighted by Gasteiger charge is -2.17. The lowest BCUT2D eigenvalue weighted by molar-refractivity contribution is 0.0986. The first-order valence-corrected chi connectivity index (χ1v) is 12.7. The lowest BCUT2D eigenvalue weighted by atomic mass is 10.1. The minimum atomic E-state index is -3.68. The summed E-state index contributed by atoms with van der Waals surface area (Å²) in [6, 6.07) is 18.8. The Morgan fingerprint density at radius 1 is 1.03 bits per heavy atom. The molecule has 1 unspecified atom stereocenters. The molecule has 3 rings (SSSR count). The maximum atomic E-state index is 12.5. The van der Waals surface area contributed by atoms with Crippen LogP contribution in [0, 0.1) is 0 Å². The van der Waals surface area contributed by atoms with Crippen LogP contribution in [0.5, 0.6) is 0 Å². The minimum Gasteiger partial charge on any atom is -0.332 e. The van der Waals surface area contributed by atoms with Crippen molar-refractivity contribution in [3.63, 3.8) is 0 Å². The molecule has 8 nitrogen and oxygen atoms in total. The van der Waals surface area contributed by atoms with Gasteiger partial charge in [0.05, 0.1) is 18.3 Å². The largest absolute Gasteiger partial charge is 0.332 e. The number of hydrogen-bond donors (Lipinski definition) is 4. The average molecular weight is 474 g/mol. The average Bonchev–Trinajstić information content (AvgIpc) is 3.24. The van der Waals surface area contributed by atoms with E-state index >= 15 is 0 Å². The first-order chi connectivity index (χ1) is 15.4. The highest BCUT2D eigenvalue weighted by molar-refractivity contribution is 7.87. The molecule has 5 N–H and O–H groups in total. The number of nitrogens with zero attached hydrogens (tertiary/aromatic N) is 1. The maximum absolute atomic E-state index is 12.5. The highest BCUT2D eigenvalue weighted by Crippen LogP contribution is 2.26. The highest BCUT2D eigenvalue weighted by Gasteiger charge is 2.17. The number of carbonyl (C=O) groups excluding carboxylic acids is 1. The van der Waals surface area contributed by atoms with Gasteiger partial charge in [0.15, 0.2) is 10.9 Å². The Balaban J connectivity index is 1.62. The number of ketones is 1. The van der Waals surface area contributed by atoms with Crippen LogP contribution >= 0.6 is 11.3 Å². The van der Waals surface area contributed by atoms with Crippen LogP contribution in [0.4, 0.5) is 10.8 Å². The van der Waals surface area contributed by atoms with E-state index in [2.05, 4.69) is 15.4 Å². The number of thiazole rings is 1. The lowest BCUT2D eigenvalue weighted by Crippen LogP contribution is -2.31. The van der Waals surface area contributed by atoms with E-state index in [4.69, 9.17) is 10.1 Å². The fourth-order valence-corrected chi connectivity index (χ4v) is 4.35. The molecule has 0 saturated carbocycles. The highest BCUT2D eigenvalue weighted by atomic mass is 32.2. The van der Waals surface area contributed by atoms with Crippen molar-refractivity contribution < 1.29 is 13.2 Å². The second kappa shape index (κ2) is 11.8. The van der Waals surface area contributed by atoms with E-state index in [0.717, 1.165) is 22.9 Å². The van der Waals surface area contributed by atoms with E-state index in [1.54, 1.807) is 12.1 Å². The Labute approximate surface area is 192 Å². The molecule has 0 spiro atoms. The summed E-state index contributed by atoms with van der Waals surface area (Å²) in [6.45, 7) is 0.454. The number of para-hydroxylation sites is 1. The molecule has 0 bridgehead atoms. The fourth-order valence-electron chi connectivity index (χ4n) is 3.13. The van der Waals surface area contributed by atoms with Gasteiger partial charge in [-0.25, -0.2) is 14.8 Å². The van der Waals surface area contributed by atoms with Crippen LogP contribution in [-0.2, 0) is 10.2 Å². The molecule has 0 aliphatic heterocycles. The van der Waals surface area contributed by atoms with Crippen molar-refractivity contribution in [3.05, 3.63) is 77.3 Å². The standard InChI is InChI=1S/C22H27N5O3S2/c23-32(29,30)25-14-8-7-13-19(24-15-21(28)17-9-3-1-4-10-17)20-16-31-22(27-20)26-18-11-5-2-6-12-18/h1-6,9-12,16,19,24-25H,7-8,13-15H2,(H,26,27)(H2,23,29,30). The molecule has 0 radical (unpaired) electrons. The normalized spacial score (nSPS) is 12.4. The van der Waals surface area contributed by atoms with E-state index in [0.29, 0.717) is 18.4 Å². The predicted molar refractivity (Wildman–Crippen MR) is 128 cm³/mol. The van der Waals surface area contributed by atoms with Crippen LogP contribution in [0.3, 0.4) is 0 Å². The van der Waals surface area contributed by atoms with Gasteiger partial charge in [0.25, 0.3) is 10.2 Å². The van der Waals surface area contributed by atoms with Gasteiger partial charge in [-0.05, 0) is 25.0 Å². The van der Waals surface area contributed by atoms with Gasteiger partial charge in [-0.1, -0.05) is 55.0 Å². The van der Waals surface area contributed by atoms with Crippen molar-refractivity contribution in [3.8, 4) is 0 Å². The molecule has 3 aromatic rings.